The lowest BCUT2D eigenvalue weighted by molar-refractivity contribution is -0.122. The molecule has 41 heavy (non-hydrogen) atoms. The maximum Gasteiger partial charge on any atom is 0.455 e. The van der Waals surface area contributed by atoms with E-state index in [2.05, 4.69) is 20.9 Å². The number of anilines is 1. The van der Waals surface area contributed by atoms with Gasteiger partial charge in [0.1, 0.15) is 5.75 Å². The summed E-state index contributed by atoms with van der Waals surface area (Å²) in [6.07, 6.45) is 5.11. The van der Waals surface area contributed by atoms with Crippen molar-refractivity contribution < 1.29 is 24.4 Å². The number of aromatic nitrogens is 1. The Morgan fingerprint density at radius 2 is 1.88 bits per heavy atom. The molecule has 4 atom stereocenters. The van der Waals surface area contributed by atoms with Crippen LogP contribution in [0.25, 0.3) is 11.6 Å². The van der Waals surface area contributed by atoms with Gasteiger partial charge in [0.2, 0.25) is 11.8 Å². The second kappa shape index (κ2) is 11.4. The van der Waals surface area contributed by atoms with Gasteiger partial charge in [0.25, 0.3) is 0 Å². The number of phenols is 1. The van der Waals surface area contributed by atoms with Crippen LogP contribution in [0.4, 0.5) is 5.69 Å². The molecule has 7 nitrogen and oxygen atoms in total. The van der Waals surface area contributed by atoms with Crippen molar-refractivity contribution in [3.8, 4) is 5.75 Å². The second-order valence-corrected chi connectivity index (χ2v) is 11.9. The smallest absolute Gasteiger partial charge is 0.455 e. The Morgan fingerprint density at radius 3 is 2.63 bits per heavy atom. The van der Waals surface area contributed by atoms with Crippen LogP contribution in [0.15, 0.2) is 88.5 Å². The summed E-state index contributed by atoms with van der Waals surface area (Å²) in [7, 11) is -1.04. The molecule has 0 radical (unpaired) electrons. The molecule has 3 aromatic rings. The molecular formula is C32H30BBrN2O5. The quantitative estimate of drug-likeness (QED) is 0.204. The monoisotopic (exact) mass is 612 g/mol. The molecular weight excluding hydrogens is 583 g/mol. The van der Waals surface area contributed by atoms with Crippen molar-refractivity contribution in [1.82, 2.24) is 4.98 Å². The molecule has 2 aromatic carbocycles. The van der Waals surface area contributed by atoms with E-state index in [1.807, 2.05) is 55.5 Å². The van der Waals surface area contributed by atoms with E-state index < -0.39 is 25.1 Å². The first-order chi connectivity index (χ1) is 19.8. The highest BCUT2D eigenvalue weighted by atomic mass is 79.9. The van der Waals surface area contributed by atoms with E-state index in [-0.39, 0.29) is 29.8 Å². The molecule has 2 aliphatic heterocycles. The summed E-state index contributed by atoms with van der Waals surface area (Å²) in [6, 6.07) is 20.0. The largest absolute Gasteiger partial charge is 0.507 e. The van der Waals surface area contributed by atoms with Gasteiger partial charge in [-0.3, -0.25) is 19.5 Å². The van der Waals surface area contributed by atoms with E-state index in [1.165, 1.54) is 4.90 Å². The Balaban J connectivity index is 1.30. The van der Waals surface area contributed by atoms with Gasteiger partial charge >= 0.3 is 7.12 Å². The minimum Gasteiger partial charge on any atom is -0.507 e. The number of nitrogens with zero attached hydrogens (tertiary/aromatic N) is 2. The number of aromatic hydroxyl groups is 1. The molecule has 9 heteroatoms. The minimum absolute atomic E-state index is 0.162. The second-order valence-electron chi connectivity index (χ2n) is 11.0. The van der Waals surface area contributed by atoms with Gasteiger partial charge < -0.3 is 14.8 Å². The number of imide groups is 1. The van der Waals surface area contributed by atoms with Crippen LogP contribution < -0.4 is 4.90 Å². The molecule has 0 unspecified atom stereocenters. The molecule has 3 heterocycles. The fraction of sp³-hybridized carbons (Fsp3) is 0.281. The zero-order chi connectivity index (χ0) is 28.7. The lowest BCUT2D eigenvalue weighted by Gasteiger charge is -2.42. The van der Waals surface area contributed by atoms with Crippen molar-refractivity contribution in [2.45, 2.75) is 38.6 Å². The van der Waals surface area contributed by atoms with Gasteiger partial charge in [0.05, 0.1) is 29.3 Å². The molecule has 2 amide bonds. The molecule has 1 aliphatic carbocycles. The maximum atomic E-state index is 13.8. The molecule has 208 valence electrons. The summed E-state index contributed by atoms with van der Waals surface area (Å²) in [6.45, 7) is 2.02. The lowest BCUT2D eigenvalue weighted by atomic mass is 9.58. The van der Waals surface area contributed by atoms with Crippen molar-refractivity contribution >= 4 is 52.2 Å². The molecule has 0 spiro atoms. The highest BCUT2D eigenvalue weighted by molar-refractivity contribution is 9.10. The minimum atomic E-state index is -1.04. The number of phenolic OH excluding ortho intramolecular Hbond substituents is 1. The first kappa shape index (κ1) is 27.6. The Bertz CT molecular complexity index is 1540. The van der Waals surface area contributed by atoms with Gasteiger partial charge in [-0.05, 0) is 98.1 Å². The Labute approximate surface area is 247 Å². The molecule has 3 aliphatic rings. The number of fused-ring (bicyclic) bond motifs is 3. The van der Waals surface area contributed by atoms with Crippen LogP contribution in [0.1, 0.15) is 37.4 Å². The number of allylic oxidation sites excluding steroid dienone is 2. The Hall–Kier alpha value is -3.53. The van der Waals surface area contributed by atoms with Crippen molar-refractivity contribution in [2.24, 2.45) is 17.8 Å². The molecule has 2 saturated heterocycles. The summed E-state index contributed by atoms with van der Waals surface area (Å²) in [5.74, 6) is -1.44. The topological polar surface area (TPSA) is 100.0 Å². The Morgan fingerprint density at radius 1 is 1.10 bits per heavy atom. The zero-order valence-electron chi connectivity index (χ0n) is 22.6. The number of hydrogen-bond donors (Lipinski definition) is 2. The highest BCUT2D eigenvalue weighted by Gasteiger charge is 2.57. The summed E-state index contributed by atoms with van der Waals surface area (Å²) >= 11 is 3.48. The number of carbonyl (C=O) groups is 2. The molecule has 1 aromatic heterocycles. The summed E-state index contributed by atoms with van der Waals surface area (Å²) in [5.41, 5.74) is 5.02. The Kier molecular flexibility index (Phi) is 7.68. The third-order valence-electron chi connectivity index (χ3n) is 8.46. The van der Waals surface area contributed by atoms with Gasteiger partial charge in [-0.25, -0.2) is 0 Å². The van der Waals surface area contributed by atoms with E-state index in [1.54, 1.807) is 30.5 Å². The number of hydrogen-bond acceptors (Lipinski definition) is 6. The maximum absolute atomic E-state index is 13.8. The van der Waals surface area contributed by atoms with Crippen molar-refractivity contribution in [3.63, 3.8) is 0 Å². The van der Waals surface area contributed by atoms with E-state index >= 15 is 0 Å². The number of amides is 2. The normalized spacial score (nSPS) is 24.5. The molecule has 6 rings (SSSR count). The van der Waals surface area contributed by atoms with Crippen LogP contribution in [-0.4, -0.2) is 40.2 Å². The predicted molar refractivity (Wildman–Crippen MR) is 162 cm³/mol. The summed E-state index contributed by atoms with van der Waals surface area (Å²) in [5, 5.41) is 21.3. The van der Waals surface area contributed by atoms with Crippen LogP contribution in [0, 0.1) is 17.8 Å². The fourth-order valence-corrected chi connectivity index (χ4v) is 7.07. The summed E-state index contributed by atoms with van der Waals surface area (Å²) < 4.78 is 6.96. The van der Waals surface area contributed by atoms with E-state index in [0.717, 1.165) is 26.9 Å². The standard InChI is InChI=1S/C32H30BBrN2O5/c1-19-15-24-30(32(39)36(31(24)38)23-7-3-2-4-8-23)25-18-33(40)41-28(29(19)25)13-10-20(26-9-5-6-14-35-26)16-21-17-22(34)11-12-27(21)37/h2-9,11-12,14,16-17,24-25,28,30,37,40H,10,13,15,18H2,1H3/b20-16-/t24-,25+,28-,30-/m1/s1. The first-order valence-corrected chi connectivity index (χ1v) is 14.7. The SMILES string of the molecule is CC1=C2[C@@H](CC/C(=C/c3cc(Br)ccc3O)c3ccccn3)OB(O)C[C@@H]2[C@@H]2C(=O)N(c3ccccc3)C(=O)[C@@H]2C1. The average molecular weight is 613 g/mol. The van der Waals surface area contributed by atoms with Crippen LogP contribution in [-0.2, 0) is 14.2 Å². The molecule has 2 N–H and O–H groups in total. The molecule has 0 saturated carbocycles. The van der Waals surface area contributed by atoms with Crippen LogP contribution in [0.2, 0.25) is 6.32 Å². The zero-order valence-corrected chi connectivity index (χ0v) is 24.2. The molecule has 0 bridgehead atoms. The highest BCUT2D eigenvalue weighted by Crippen LogP contribution is 2.51. The number of carbonyl (C=O) groups excluding carboxylic acids is 2. The van der Waals surface area contributed by atoms with Gasteiger partial charge in [0.15, 0.2) is 0 Å². The van der Waals surface area contributed by atoms with Gasteiger partial charge in [-0.2, -0.15) is 0 Å². The lowest BCUT2D eigenvalue weighted by Crippen LogP contribution is -2.46. The number of rotatable bonds is 6. The fourth-order valence-electron chi connectivity index (χ4n) is 6.69. The molecule has 2 fully saturated rings. The van der Waals surface area contributed by atoms with E-state index in [4.69, 9.17) is 4.65 Å². The van der Waals surface area contributed by atoms with Crippen molar-refractivity contribution in [1.29, 1.82) is 0 Å². The van der Waals surface area contributed by atoms with Crippen molar-refractivity contribution in [3.05, 3.63) is 99.8 Å². The van der Waals surface area contributed by atoms with Gasteiger partial charge in [-0.1, -0.05) is 45.8 Å². The van der Waals surface area contributed by atoms with Gasteiger partial charge in [-0.15, -0.1) is 0 Å². The number of halogens is 1. The third-order valence-corrected chi connectivity index (χ3v) is 8.95. The first-order valence-electron chi connectivity index (χ1n) is 13.9. The van der Waals surface area contributed by atoms with Crippen molar-refractivity contribution in [2.75, 3.05) is 4.90 Å². The number of benzene rings is 2. The number of para-hydroxylation sites is 1. The van der Waals surface area contributed by atoms with E-state index in [9.17, 15) is 19.7 Å². The van der Waals surface area contributed by atoms with E-state index in [0.29, 0.717) is 30.5 Å². The predicted octanol–water partition coefficient (Wildman–Crippen LogP) is 5.89. The van der Waals surface area contributed by atoms with Crippen LogP contribution in [0.5, 0.6) is 5.75 Å². The van der Waals surface area contributed by atoms with Crippen LogP contribution in [0.3, 0.4) is 0 Å². The summed E-state index contributed by atoms with van der Waals surface area (Å²) in [4.78, 5) is 33.1. The number of pyridine rings is 1. The van der Waals surface area contributed by atoms with Gasteiger partial charge in [0, 0.05) is 16.2 Å². The van der Waals surface area contributed by atoms with Crippen LogP contribution >= 0.6 is 15.9 Å². The average Bonchev–Trinajstić information content (AvgIpc) is 3.22. The third kappa shape index (κ3) is 5.30.